The molecular weight excluding hydrogens is 290 g/mol. The minimum absolute atomic E-state index is 0.127. The summed E-state index contributed by atoms with van der Waals surface area (Å²) in [5.41, 5.74) is 0.709. The van der Waals surface area contributed by atoms with Crippen molar-refractivity contribution >= 4 is 17.5 Å². The number of rotatable bonds is 7. The third-order valence-electron chi connectivity index (χ3n) is 3.22. The highest BCUT2D eigenvalue weighted by molar-refractivity contribution is 6.32. The Morgan fingerprint density at radius 3 is 2.57 bits per heavy atom. The van der Waals surface area contributed by atoms with Crippen LogP contribution in [0, 0.1) is 0 Å². The van der Waals surface area contributed by atoms with Crippen molar-refractivity contribution in [2.75, 3.05) is 0 Å². The highest BCUT2D eigenvalue weighted by Crippen LogP contribution is 2.28. The van der Waals surface area contributed by atoms with Crippen molar-refractivity contribution in [2.45, 2.75) is 58.8 Å². The molecule has 0 bridgehead atoms. The Labute approximate surface area is 131 Å². The fraction of sp³-hybridized carbons (Fsp3) is 0.562. The van der Waals surface area contributed by atoms with Gasteiger partial charge in [0.1, 0.15) is 5.75 Å². The molecule has 0 saturated carbocycles. The van der Waals surface area contributed by atoms with E-state index >= 15 is 0 Å². The Morgan fingerprint density at radius 2 is 2.05 bits per heavy atom. The Hall–Kier alpha value is -1.26. The van der Waals surface area contributed by atoms with E-state index in [4.69, 9.17) is 16.3 Å². The van der Waals surface area contributed by atoms with Crippen molar-refractivity contribution in [3.05, 3.63) is 28.8 Å². The lowest BCUT2D eigenvalue weighted by Crippen LogP contribution is -2.41. The van der Waals surface area contributed by atoms with Crippen LogP contribution in [0.5, 0.6) is 5.75 Å². The number of amides is 1. The first-order valence-corrected chi connectivity index (χ1v) is 7.67. The van der Waals surface area contributed by atoms with Gasteiger partial charge in [0.2, 0.25) is 0 Å². The van der Waals surface area contributed by atoms with Crippen LogP contribution in [0.3, 0.4) is 0 Å². The highest BCUT2D eigenvalue weighted by atomic mass is 35.5. The maximum absolute atomic E-state index is 12.0. The number of carbonyl (C=O) groups excluding carboxylic acids is 1. The SMILES string of the molecule is CCCC(C)NC(=O)C(C)Oc1ccc([C@H](C)O)cc1Cl. The van der Waals surface area contributed by atoms with Gasteiger partial charge in [0.25, 0.3) is 5.91 Å². The Kier molecular flexibility index (Phi) is 6.99. The van der Waals surface area contributed by atoms with Gasteiger partial charge in [-0.2, -0.15) is 0 Å². The molecule has 0 aromatic heterocycles. The zero-order valence-electron chi connectivity index (χ0n) is 13.0. The highest BCUT2D eigenvalue weighted by Gasteiger charge is 2.18. The van der Waals surface area contributed by atoms with Crippen LogP contribution < -0.4 is 10.1 Å². The first kappa shape index (κ1) is 17.8. The molecule has 0 saturated heterocycles. The summed E-state index contributed by atoms with van der Waals surface area (Å²) in [5, 5.41) is 12.8. The van der Waals surface area contributed by atoms with E-state index in [1.807, 2.05) is 6.92 Å². The molecule has 1 aromatic rings. The fourth-order valence-corrected chi connectivity index (χ4v) is 2.22. The monoisotopic (exact) mass is 313 g/mol. The lowest BCUT2D eigenvalue weighted by Gasteiger charge is -2.19. The molecule has 118 valence electrons. The molecule has 4 nitrogen and oxygen atoms in total. The number of halogens is 1. The molecule has 0 aliphatic heterocycles. The van der Waals surface area contributed by atoms with E-state index in [2.05, 4.69) is 12.2 Å². The van der Waals surface area contributed by atoms with Gasteiger partial charge in [-0.1, -0.05) is 31.0 Å². The average Bonchev–Trinajstić information content (AvgIpc) is 2.40. The van der Waals surface area contributed by atoms with E-state index in [-0.39, 0.29) is 11.9 Å². The summed E-state index contributed by atoms with van der Waals surface area (Å²) in [6.07, 6.45) is 0.734. The molecule has 1 rings (SSSR count). The summed E-state index contributed by atoms with van der Waals surface area (Å²) >= 11 is 6.11. The van der Waals surface area contributed by atoms with Crippen LogP contribution >= 0.6 is 11.6 Å². The molecule has 5 heteroatoms. The largest absolute Gasteiger partial charge is 0.479 e. The van der Waals surface area contributed by atoms with Gasteiger partial charge in [-0.05, 0) is 44.9 Å². The summed E-state index contributed by atoms with van der Waals surface area (Å²) in [5.74, 6) is 0.276. The maximum atomic E-state index is 12.0. The van der Waals surface area contributed by atoms with Crippen LogP contribution in [0.25, 0.3) is 0 Å². The number of aliphatic hydroxyl groups excluding tert-OH is 1. The topological polar surface area (TPSA) is 58.6 Å². The maximum Gasteiger partial charge on any atom is 0.260 e. The Bertz CT molecular complexity index is 477. The van der Waals surface area contributed by atoms with E-state index in [0.29, 0.717) is 16.3 Å². The molecule has 0 radical (unpaired) electrons. The van der Waals surface area contributed by atoms with Crippen LogP contribution in [-0.2, 0) is 4.79 Å². The van der Waals surface area contributed by atoms with Gasteiger partial charge in [-0.3, -0.25) is 4.79 Å². The number of hydrogen-bond acceptors (Lipinski definition) is 3. The quantitative estimate of drug-likeness (QED) is 0.810. The first-order chi connectivity index (χ1) is 9.85. The predicted molar refractivity (Wildman–Crippen MR) is 84.7 cm³/mol. The molecule has 0 heterocycles. The van der Waals surface area contributed by atoms with Crippen molar-refractivity contribution in [3.8, 4) is 5.75 Å². The number of carbonyl (C=O) groups is 1. The number of aliphatic hydroxyl groups is 1. The van der Waals surface area contributed by atoms with Crippen LogP contribution in [-0.4, -0.2) is 23.2 Å². The van der Waals surface area contributed by atoms with Gasteiger partial charge < -0.3 is 15.2 Å². The zero-order valence-corrected chi connectivity index (χ0v) is 13.8. The average molecular weight is 314 g/mol. The number of ether oxygens (including phenoxy) is 1. The molecule has 0 aliphatic rings. The number of hydrogen-bond donors (Lipinski definition) is 2. The lowest BCUT2D eigenvalue weighted by molar-refractivity contribution is -0.127. The molecule has 3 atom stereocenters. The normalized spacial score (nSPS) is 15.1. The van der Waals surface area contributed by atoms with Crippen molar-refractivity contribution in [1.82, 2.24) is 5.32 Å². The van der Waals surface area contributed by atoms with Crippen molar-refractivity contribution in [3.63, 3.8) is 0 Å². The third-order valence-corrected chi connectivity index (χ3v) is 3.52. The van der Waals surface area contributed by atoms with Gasteiger partial charge in [0, 0.05) is 6.04 Å². The summed E-state index contributed by atoms with van der Waals surface area (Å²) in [4.78, 5) is 12.0. The van der Waals surface area contributed by atoms with E-state index in [1.54, 1.807) is 32.0 Å². The van der Waals surface area contributed by atoms with Crippen molar-refractivity contribution in [1.29, 1.82) is 0 Å². The second-order valence-electron chi connectivity index (χ2n) is 5.32. The van der Waals surface area contributed by atoms with Crippen LogP contribution in [0.15, 0.2) is 18.2 Å². The van der Waals surface area contributed by atoms with E-state index in [1.165, 1.54) is 0 Å². The fourth-order valence-electron chi connectivity index (χ4n) is 1.98. The predicted octanol–water partition coefficient (Wildman–Crippen LogP) is 3.47. The van der Waals surface area contributed by atoms with Gasteiger partial charge in [-0.25, -0.2) is 0 Å². The Balaban J connectivity index is 2.66. The third kappa shape index (κ3) is 5.56. The number of nitrogens with one attached hydrogen (secondary N) is 1. The molecular formula is C16H24ClNO3. The lowest BCUT2D eigenvalue weighted by atomic mass is 10.1. The molecule has 0 aliphatic carbocycles. The molecule has 1 aromatic carbocycles. The smallest absolute Gasteiger partial charge is 0.260 e. The standard InChI is InChI=1S/C16H24ClNO3/c1-5-6-10(2)18-16(20)12(4)21-15-8-7-13(11(3)19)9-14(15)17/h7-12,19H,5-6H2,1-4H3,(H,18,20)/t10?,11-,12?/m0/s1. The van der Waals surface area contributed by atoms with Gasteiger partial charge in [0.15, 0.2) is 6.10 Å². The van der Waals surface area contributed by atoms with Gasteiger partial charge >= 0.3 is 0 Å². The van der Waals surface area contributed by atoms with E-state index < -0.39 is 12.2 Å². The molecule has 2 N–H and O–H groups in total. The second-order valence-corrected chi connectivity index (χ2v) is 5.73. The summed E-state index contributed by atoms with van der Waals surface area (Å²) in [7, 11) is 0. The van der Waals surface area contributed by atoms with Crippen molar-refractivity contribution in [2.24, 2.45) is 0 Å². The van der Waals surface area contributed by atoms with Crippen LogP contribution in [0.2, 0.25) is 5.02 Å². The molecule has 0 spiro atoms. The molecule has 21 heavy (non-hydrogen) atoms. The van der Waals surface area contributed by atoms with E-state index in [9.17, 15) is 9.90 Å². The number of benzene rings is 1. The van der Waals surface area contributed by atoms with Crippen molar-refractivity contribution < 1.29 is 14.6 Å². The van der Waals surface area contributed by atoms with E-state index in [0.717, 1.165) is 12.8 Å². The van der Waals surface area contributed by atoms with Crippen LogP contribution in [0.1, 0.15) is 52.2 Å². The first-order valence-electron chi connectivity index (χ1n) is 7.29. The van der Waals surface area contributed by atoms with Gasteiger partial charge in [0.05, 0.1) is 11.1 Å². The minimum atomic E-state index is -0.626. The molecule has 1 amide bonds. The van der Waals surface area contributed by atoms with Crippen LogP contribution in [0.4, 0.5) is 0 Å². The minimum Gasteiger partial charge on any atom is -0.479 e. The molecule has 2 unspecified atom stereocenters. The summed E-state index contributed by atoms with van der Waals surface area (Å²) in [6, 6.07) is 5.17. The second kappa shape index (κ2) is 8.25. The summed E-state index contributed by atoms with van der Waals surface area (Å²) < 4.78 is 5.60. The Morgan fingerprint density at radius 1 is 1.38 bits per heavy atom. The molecule has 0 fully saturated rings. The van der Waals surface area contributed by atoms with Gasteiger partial charge in [-0.15, -0.1) is 0 Å². The summed E-state index contributed by atoms with van der Waals surface area (Å²) in [6.45, 7) is 7.40. The zero-order chi connectivity index (χ0) is 16.0.